The van der Waals surface area contributed by atoms with Gasteiger partial charge in [0.05, 0.1) is 5.69 Å². The van der Waals surface area contributed by atoms with Gasteiger partial charge in [0.1, 0.15) is 5.82 Å². The molecule has 0 aromatic carbocycles. The van der Waals surface area contributed by atoms with Crippen LogP contribution in [0.5, 0.6) is 0 Å². The van der Waals surface area contributed by atoms with E-state index in [2.05, 4.69) is 33.6 Å². The van der Waals surface area contributed by atoms with Crippen LogP contribution in [0.4, 0.5) is 5.82 Å². The van der Waals surface area contributed by atoms with Crippen LogP contribution in [0, 0.1) is 0 Å². The third kappa shape index (κ3) is 2.51. The fraction of sp³-hybridized carbons (Fsp3) is 0.235. The Morgan fingerprint density at radius 3 is 2.73 bits per heavy atom. The van der Waals surface area contributed by atoms with E-state index < -0.39 is 0 Å². The highest BCUT2D eigenvalue weighted by molar-refractivity contribution is 5.93. The number of nitrogens with one attached hydrogen (secondary N) is 2. The molecule has 22 heavy (non-hydrogen) atoms. The van der Waals surface area contributed by atoms with Crippen LogP contribution in [-0.4, -0.2) is 33.6 Å². The lowest BCUT2D eigenvalue weighted by Crippen LogP contribution is -2.23. The van der Waals surface area contributed by atoms with Gasteiger partial charge in [-0.25, -0.2) is 4.98 Å². The Kier molecular flexibility index (Phi) is 3.01. The van der Waals surface area contributed by atoms with E-state index in [1.54, 1.807) is 18.6 Å². The van der Waals surface area contributed by atoms with Crippen molar-refractivity contribution in [1.82, 2.24) is 20.3 Å². The SMILES string of the molecule is CC1(CNc2nc(-c3ccncc3)cc3cnccc23)CN1. The minimum atomic E-state index is 0.188. The Morgan fingerprint density at radius 1 is 1.18 bits per heavy atom. The number of rotatable bonds is 4. The molecule has 2 N–H and O–H groups in total. The van der Waals surface area contributed by atoms with Gasteiger partial charge in [-0.15, -0.1) is 0 Å². The molecule has 1 atom stereocenters. The van der Waals surface area contributed by atoms with E-state index in [4.69, 9.17) is 4.98 Å². The molecule has 1 aliphatic rings. The molecule has 0 radical (unpaired) electrons. The maximum Gasteiger partial charge on any atom is 0.134 e. The van der Waals surface area contributed by atoms with Gasteiger partial charge in [0.15, 0.2) is 0 Å². The highest BCUT2D eigenvalue weighted by atomic mass is 15.2. The molecule has 1 aliphatic heterocycles. The number of anilines is 1. The Hall–Kier alpha value is -2.53. The molecule has 4 rings (SSSR count). The summed E-state index contributed by atoms with van der Waals surface area (Å²) in [7, 11) is 0. The molecule has 4 heterocycles. The summed E-state index contributed by atoms with van der Waals surface area (Å²) in [6.07, 6.45) is 7.25. The molecule has 1 fully saturated rings. The number of hydrogen-bond acceptors (Lipinski definition) is 5. The molecule has 5 heteroatoms. The quantitative estimate of drug-likeness (QED) is 0.722. The molecule has 0 saturated carbocycles. The van der Waals surface area contributed by atoms with Gasteiger partial charge in [-0.2, -0.15) is 0 Å². The summed E-state index contributed by atoms with van der Waals surface area (Å²) in [4.78, 5) is 13.1. The molecule has 0 aliphatic carbocycles. The van der Waals surface area contributed by atoms with Crippen LogP contribution in [0.25, 0.3) is 22.0 Å². The zero-order valence-electron chi connectivity index (χ0n) is 12.4. The van der Waals surface area contributed by atoms with E-state index in [0.29, 0.717) is 0 Å². The van der Waals surface area contributed by atoms with Gasteiger partial charge >= 0.3 is 0 Å². The first-order chi connectivity index (χ1) is 10.7. The first-order valence-corrected chi connectivity index (χ1v) is 7.38. The summed E-state index contributed by atoms with van der Waals surface area (Å²) in [5, 5.41) is 9.03. The summed E-state index contributed by atoms with van der Waals surface area (Å²) in [5.41, 5.74) is 2.17. The van der Waals surface area contributed by atoms with Crippen molar-refractivity contribution in [3.63, 3.8) is 0 Å². The fourth-order valence-corrected chi connectivity index (χ4v) is 2.46. The lowest BCUT2D eigenvalue weighted by atomic mass is 10.1. The first-order valence-electron chi connectivity index (χ1n) is 7.38. The molecule has 5 nitrogen and oxygen atoms in total. The highest BCUT2D eigenvalue weighted by Gasteiger charge is 2.36. The lowest BCUT2D eigenvalue weighted by Gasteiger charge is -2.13. The zero-order chi connectivity index (χ0) is 15.0. The van der Waals surface area contributed by atoms with Crippen LogP contribution in [0.3, 0.4) is 0 Å². The van der Waals surface area contributed by atoms with Crippen LogP contribution in [0.15, 0.2) is 49.1 Å². The van der Waals surface area contributed by atoms with Crippen molar-refractivity contribution < 1.29 is 0 Å². The van der Waals surface area contributed by atoms with Gasteiger partial charge in [-0.05, 0) is 31.2 Å². The molecule has 1 saturated heterocycles. The van der Waals surface area contributed by atoms with Gasteiger partial charge in [0.25, 0.3) is 0 Å². The van der Waals surface area contributed by atoms with Gasteiger partial charge in [-0.3, -0.25) is 9.97 Å². The fourth-order valence-electron chi connectivity index (χ4n) is 2.46. The van der Waals surface area contributed by atoms with Crippen LogP contribution in [-0.2, 0) is 0 Å². The van der Waals surface area contributed by atoms with Gasteiger partial charge < -0.3 is 10.6 Å². The van der Waals surface area contributed by atoms with Crippen molar-refractivity contribution in [3.05, 3.63) is 49.1 Å². The second-order valence-corrected chi connectivity index (χ2v) is 5.96. The molecule has 3 aromatic heterocycles. The lowest BCUT2D eigenvalue weighted by molar-refractivity contribution is 0.732. The number of hydrogen-bond donors (Lipinski definition) is 2. The van der Waals surface area contributed by atoms with Crippen LogP contribution in [0.1, 0.15) is 6.92 Å². The predicted molar refractivity (Wildman–Crippen MR) is 87.7 cm³/mol. The molecule has 110 valence electrons. The van der Waals surface area contributed by atoms with E-state index in [0.717, 1.165) is 40.9 Å². The Balaban J connectivity index is 1.78. The van der Waals surface area contributed by atoms with Gasteiger partial charge in [0, 0.05) is 59.8 Å². The number of aromatic nitrogens is 3. The average Bonchev–Trinajstić information content (AvgIpc) is 3.31. The Labute approximate surface area is 128 Å². The first kappa shape index (κ1) is 13.2. The van der Waals surface area contributed by atoms with Crippen molar-refractivity contribution in [1.29, 1.82) is 0 Å². The maximum atomic E-state index is 4.81. The third-order valence-corrected chi connectivity index (χ3v) is 4.03. The van der Waals surface area contributed by atoms with Gasteiger partial charge in [-0.1, -0.05) is 0 Å². The van der Waals surface area contributed by atoms with Crippen molar-refractivity contribution in [2.24, 2.45) is 0 Å². The van der Waals surface area contributed by atoms with E-state index in [9.17, 15) is 0 Å². The van der Waals surface area contributed by atoms with E-state index in [-0.39, 0.29) is 5.54 Å². The summed E-state index contributed by atoms with van der Waals surface area (Å²) >= 11 is 0. The minimum Gasteiger partial charge on any atom is -0.368 e. The van der Waals surface area contributed by atoms with E-state index >= 15 is 0 Å². The van der Waals surface area contributed by atoms with Crippen molar-refractivity contribution in [2.45, 2.75) is 12.5 Å². The van der Waals surface area contributed by atoms with Crippen molar-refractivity contribution in [2.75, 3.05) is 18.4 Å². The smallest absolute Gasteiger partial charge is 0.134 e. The van der Waals surface area contributed by atoms with Crippen molar-refractivity contribution in [3.8, 4) is 11.3 Å². The summed E-state index contributed by atoms with van der Waals surface area (Å²) in [6, 6.07) is 8.01. The average molecular weight is 291 g/mol. The molecule has 0 spiro atoms. The molecule has 0 amide bonds. The third-order valence-electron chi connectivity index (χ3n) is 4.03. The zero-order valence-corrected chi connectivity index (χ0v) is 12.4. The molecular formula is C17H17N5. The normalized spacial score (nSPS) is 20.0. The van der Waals surface area contributed by atoms with Gasteiger partial charge in [0.2, 0.25) is 0 Å². The molecule has 3 aromatic rings. The molecular weight excluding hydrogens is 274 g/mol. The van der Waals surface area contributed by atoms with E-state index in [1.807, 2.05) is 24.4 Å². The second-order valence-electron chi connectivity index (χ2n) is 5.96. The second kappa shape index (κ2) is 5.03. The number of pyridine rings is 3. The van der Waals surface area contributed by atoms with Crippen LogP contribution >= 0.6 is 0 Å². The summed E-state index contributed by atoms with van der Waals surface area (Å²) in [5.74, 6) is 0.904. The topological polar surface area (TPSA) is 72.6 Å². The molecule has 1 unspecified atom stereocenters. The monoisotopic (exact) mass is 291 g/mol. The van der Waals surface area contributed by atoms with Crippen LogP contribution in [0.2, 0.25) is 0 Å². The largest absolute Gasteiger partial charge is 0.368 e. The van der Waals surface area contributed by atoms with E-state index in [1.165, 1.54) is 0 Å². The molecule has 0 bridgehead atoms. The Bertz CT molecular complexity index is 812. The summed E-state index contributed by atoms with van der Waals surface area (Å²) in [6.45, 7) is 4.11. The van der Waals surface area contributed by atoms with Crippen LogP contribution < -0.4 is 10.6 Å². The maximum absolute atomic E-state index is 4.81. The number of nitrogens with zero attached hydrogens (tertiary/aromatic N) is 3. The standard InChI is InChI=1S/C17H17N5/c1-17(11-21-17)10-20-16-14-4-7-19-9-13(14)8-15(22-16)12-2-5-18-6-3-12/h2-9,21H,10-11H2,1H3,(H,20,22). The summed E-state index contributed by atoms with van der Waals surface area (Å²) < 4.78 is 0. The highest BCUT2D eigenvalue weighted by Crippen LogP contribution is 2.28. The van der Waals surface area contributed by atoms with Crippen molar-refractivity contribution >= 4 is 16.6 Å². The number of fused-ring (bicyclic) bond motifs is 1. The predicted octanol–water partition coefficient (Wildman–Crippen LogP) is 2.47. The minimum absolute atomic E-state index is 0.188. The Morgan fingerprint density at radius 2 is 1.95 bits per heavy atom.